The van der Waals surface area contributed by atoms with Gasteiger partial charge < -0.3 is 9.32 Å². The molecule has 1 heterocycles. The van der Waals surface area contributed by atoms with E-state index in [0.29, 0.717) is 0 Å². The Morgan fingerprint density at radius 2 is 0.774 bits per heavy atom. The minimum absolute atomic E-state index is 0.863. The lowest BCUT2D eigenvalue weighted by atomic mass is 9.92. The summed E-state index contributed by atoms with van der Waals surface area (Å²) in [7, 11) is 0. The highest BCUT2D eigenvalue weighted by atomic mass is 16.3. The number of rotatable bonds is 7. The van der Waals surface area contributed by atoms with Gasteiger partial charge in [0.2, 0.25) is 0 Å². The maximum Gasteiger partial charge on any atom is 0.145 e. The van der Waals surface area contributed by atoms with E-state index in [1.165, 1.54) is 54.6 Å². The van der Waals surface area contributed by atoms with Crippen molar-refractivity contribution >= 4 is 71.3 Å². The number of anilines is 3. The van der Waals surface area contributed by atoms with Crippen molar-refractivity contribution in [1.29, 1.82) is 0 Å². The molecule has 62 heavy (non-hydrogen) atoms. The highest BCUT2D eigenvalue weighted by molar-refractivity contribution is 6.26. The Morgan fingerprint density at radius 1 is 0.274 bits per heavy atom. The molecule has 0 spiro atoms. The summed E-state index contributed by atoms with van der Waals surface area (Å²) in [5.41, 5.74) is 14.1. The van der Waals surface area contributed by atoms with Crippen LogP contribution in [0.15, 0.2) is 241 Å². The van der Waals surface area contributed by atoms with Crippen LogP contribution in [-0.2, 0) is 0 Å². The van der Waals surface area contributed by atoms with Crippen LogP contribution >= 0.6 is 0 Å². The lowest BCUT2D eigenvalue weighted by Crippen LogP contribution is -2.12. The normalized spacial score (nSPS) is 11.5. The van der Waals surface area contributed by atoms with Gasteiger partial charge in [0.25, 0.3) is 0 Å². The minimum Gasteiger partial charge on any atom is -0.455 e. The van der Waals surface area contributed by atoms with Gasteiger partial charge in [0.15, 0.2) is 0 Å². The summed E-state index contributed by atoms with van der Waals surface area (Å²) in [4.78, 5) is 2.43. The van der Waals surface area contributed by atoms with E-state index in [0.717, 1.165) is 61.3 Å². The van der Waals surface area contributed by atoms with Crippen molar-refractivity contribution in [3.8, 4) is 44.5 Å². The van der Waals surface area contributed by atoms with Gasteiger partial charge in [0, 0.05) is 22.2 Å². The van der Waals surface area contributed by atoms with E-state index in [4.69, 9.17) is 4.42 Å². The molecule has 0 aliphatic heterocycles. The largest absolute Gasteiger partial charge is 0.455 e. The molecular weight excluding hydrogens is 751 g/mol. The minimum atomic E-state index is 0.863. The Morgan fingerprint density at radius 3 is 1.45 bits per heavy atom. The van der Waals surface area contributed by atoms with Gasteiger partial charge in [-0.05, 0) is 108 Å². The third-order valence-electron chi connectivity index (χ3n) is 12.5. The summed E-state index contributed by atoms with van der Waals surface area (Å²) in [5, 5.41) is 9.81. The Labute approximate surface area is 360 Å². The number of furan rings is 1. The standard InChI is InChI=1S/C60H39NO/c1-3-17-41(18-4-1)45-21-7-8-22-47(45)53-27-13-15-29-56(53)61(57-38-37-46(42-19-5-2-6-20-42)60-59(57)54-28-14-16-30-58(54)62-60)44-34-31-40(32-35-44)43-33-36-52-50-25-10-9-23-48(50)49-24-11-12-26-51(49)55(52)39-43/h1-39H. The first-order valence-electron chi connectivity index (χ1n) is 21.3. The van der Waals surface area contributed by atoms with E-state index in [1.807, 2.05) is 0 Å². The molecule has 12 aromatic rings. The lowest BCUT2D eigenvalue weighted by molar-refractivity contribution is 0.670. The van der Waals surface area contributed by atoms with Gasteiger partial charge in [-0.25, -0.2) is 0 Å². The number of hydrogen-bond acceptors (Lipinski definition) is 2. The average Bonchev–Trinajstić information content (AvgIpc) is 3.75. The van der Waals surface area contributed by atoms with E-state index in [1.54, 1.807) is 0 Å². The summed E-state index contributed by atoms with van der Waals surface area (Å²) < 4.78 is 6.84. The maximum absolute atomic E-state index is 6.84. The highest BCUT2D eigenvalue weighted by Crippen LogP contribution is 2.49. The van der Waals surface area contributed by atoms with E-state index < -0.39 is 0 Å². The molecule has 0 aliphatic rings. The summed E-state index contributed by atoms with van der Waals surface area (Å²) in [6.45, 7) is 0. The van der Waals surface area contributed by atoms with E-state index in [-0.39, 0.29) is 0 Å². The van der Waals surface area contributed by atoms with E-state index in [2.05, 4.69) is 241 Å². The fourth-order valence-electron chi connectivity index (χ4n) is 9.62. The fourth-order valence-corrected chi connectivity index (χ4v) is 9.62. The first-order valence-corrected chi connectivity index (χ1v) is 21.3. The van der Waals surface area contributed by atoms with Crippen molar-refractivity contribution in [3.05, 3.63) is 237 Å². The topological polar surface area (TPSA) is 16.4 Å². The number of para-hydroxylation sites is 2. The Balaban J connectivity index is 1.08. The average molecular weight is 790 g/mol. The Bertz CT molecular complexity index is 3590. The van der Waals surface area contributed by atoms with Crippen LogP contribution in [0.3, 0.4) is 0 Å². The van der Waals surface area contributed by atoms with Gasteiger partial charge in [0.05, 0.1) is 16.8 Å². The van der Waals surface area contributed by atoms with Crippen molar-refractivity contribution in [2.75, 3.05) is 4.90 Å². The SMILES string of the molecule is c1ccc(-c2ccccc2-c2ccccc2N(c2ccc(-c3ccc4c5ccccc5c5ccccc5c4c3)cc2)c2ccc(-c3ccccc3)c3oc4ccccc4c23)cc1. The van der Waals surface area contributed by atoms with Crippen molar-refractivity contribution in [2.24, 2.45) is 0 Å². The third-order valence-corrected chi connectivity index (χ3v) is 12.5. The van der Waals surface area contributed by atoms with E-state index >= 15 is 0 Å². The lowest BCUT2D eigenvalue weighted by Gasteiger charge is -2.29. The molecule has 2 nitrogen and oxygen atoms in total. The zero-order chi connectivity index (χ0) is 41.0. The predicted molar refractivity (Wildman–Crippen MR) is 263 cm³/mol. The van der Waals surface area contributed by atoms with Crippen molar-refractivity contribution < 1.29 is 4.42 Å². The van der Waals surface area contributed by atoms with Crippen LogP contribution in [0.1, 0.15) is 0 Å². The smallest absolute Gasteiger partial charge is 0.145 e. The van der Waals surface area contributed by atoms with Crippen LogP contribution in [0.5, 0.6) is 0 Å². The van der Waals surface area contributed by atoms with Gasteiger partial charge in [-0.1, -0.05) is 194 Å². The second-order valence-electron chi connectivity index (χ2n) is 16.0. The van der Waals surface area contributed by atoms with Crippen molar-refractivity contribution in [2.45, 2.75) is 0 Å². The molecule has 2 heteroatoms. The summed E-state index contributed by atoms with van der Waals surface area (Å²) in [6.07, 6.45) is 0. The van der Waals surface area contributed by atoms with Gasteiger partial charge in [-0.3, -0.25) is 0 Å². The predicted octanol–water partition coefficient (Wildman–Crippen LogP) is 17.2. The van der Waals surface area contributed by atoms with Gasteiger partial charge in [-0.15, -0.1) is 0 Å². The summed E-state index contributed by atoms with van der Waals surface area (Å²) >= 11 is 0. The maximum atomic E-state index is 6.84. The molecule has 0 N–H and O–H groups in total. The van der Waals surface area contributed by atoms with Crippen LogP contribution in [0.25, 0.3) is 98.8 Å². The van der Waals surface area contributed by atoms with Gasteiger partial charge in [-0.2, -0.15) is 0 Å². The number of fused-ring (bicyclic) bond motifs is 9. The molecule has 12 rings (SSSR count). The molecule has 1 aromatic heterocycles. The Hall–Kier alpha value is -8.20. The first kappa shape index (κ1) is 35.7. The van der Waals surface area contributed by atoms with Crippen LogP contribution in [0, 0.1) is 0 Å². The molecule has 0 amide bonds. The van der Waals surface area contributed by atoms with Crippen molar-refractivity contribution in [3.63, 3.8) is 0 Å². The quantitative estimate of drug-likeness (QED) is 0.150. The molecule has 0 fully saturated rings. The number of benzene rings is 11. The molecule has 0 saturated carbocycles. The molecule has 0 atom stereocenters. The summed E-state index contributed by atoms with van der Waals surface area (Å²) in [5.74, 6) is 0. The monoisotopic (exact) mass is 789 g/mol. The van der Waals surface area contributed by atoms with Crippen LogP contribution in [0.2, 0.25) is 0 Å². The van der Waals surface area contributed by atoms with Crippen LogP contribution < -0.4 is 4.90 Å². The second-order valence-corrected chi connectivity index (χ2v) is 16.0. The molecular formula is C60H39NO. The number of nitrogens with zero attached hydrogens (tertiary/aromatic N) is 1. The van der Waals surface area contributed by atoms with Crippen LogP contribution in [0.4, 0.5) is 17.1 Å². The molecule has 0 unspecified atom stereocenters. The van der Waals surface area contributed by atoms with Gasteiger partial charge in [0.1, 0.15) is 11.2 Å². The molecule has 0 aliphatic carbocycles. The molecule has 11 aromatic carbocycles. The Kier molecular flexibility index (Phi) is 8.53. The highest BCUT2D eigenvalue weighted by Gasteiger charge is 2.25. The molecule has 0 radical (unpaired) electrons. The fraction of sp³-hybridized carbons (Fsp3) is 0. The second kappa shape index (κ2) is 14.8. The number of hydrogen-bond donors (Lipinski definition) is 0. The van der Waals surface area contributed by atoms with E-state index in [9.17, 15) is 0 Å². The molecule has 0 bridgehead atoms. The zero-order valence-electron chi connectivity index (χ0n) is 33.9. The third kappa shape index (κ3) is 5.88. The molecule has 290 valence electrons. The first-order chi connectivity index (χ1) is 30.8. The zero-order valence-corrected chi connectivity index (χ0v) is 33.9. The summed E-state index contributed by atoms with van der Waals surface area (Å²) in [6, 6.07) is 85.3. The van der Waals surface area contributed by atoms with Crippen LogP contribution in [-0.4, -0.2) is 0 Å². The van der Waals surface area contributed by atoms with Crippen molar-refractivity contribution in [1.82, 2.24) is 0 Å². The molecule has 0 saturated heterocycles. The van der Waals surface area contributed by atoms with Gasteiger partial charge >= 0.3 is 0 Å².